The second-order valence-corrected chi connectivity index (χ2v) is 4.29. The van der Waals surface area contributed by atoms with Crippen LogP contribution >= 0.6 is 22.6 Å². The first-order chi connectivity index (χ1) is 7.00. The predicted octanol–water partition coefficient (Wildman–Crippen LogP) is 2.62. The van der Waals surface area contributed by atoms with Crippen LogP contribution < -0.4 is 4.74 Å². The maximum absolute atomic E-state index is 10.5. The van der Waals surface area contributed by atoms with Gasteiger partial charge in [0, 0.05) is 0 Å². The number of carboxylic acid groups (broad SMARTS) is 1. The summed E-state index contributed by atoms with van der Waals surface area (Å²) >= 11 is 2.15. The zero-order valence-electron chi connectivity index (χ0n) is 8.29. The van der Waals surface area contributed by atoms with Crippen molar-refractivity contribution in [3.05, 3.63) is 39.5 Å². The Labute approximate surface area is 102 Å². The molecule has 0 heterocycles. The lowest BCUT2D eigenvalue weighted by molar-refractivity contribution is -0.133. The number of ether oxygens (including phenoxy) is 1. The smallest absolute Gasteiger partial charge is 0.334 e. The van der Waals surface area contributed by atoms with E-state index in [1.54, 1.807) is 0 Å². The van der Waals surface area contributed by atoms with Crippen LogP contribution in [0.4, 0.5) is 0 Å². The molecule has 1 aromatic rings. The zero-order chi connectivity index (χ0) is 11.4. The van der Waals surface area contributed by atoms with E-state index in [0.717, 1.165) is 9.13 Å². The van der Waals surface area contributed by atoms with Crippen molar-refractivity contribution in [2.75, 3.05) is 6.61 Å². The Balaban J connectivity index is 2.66. The zero-order valence-corrected chi connectivity index (χ0v) is 10.4. The number of benzene rings is 1. The van der Waals surface area contributed by atoms with Crippen LogP contribution in [-0.4, -0.2) is 17.7 Å². The maximum atomic E-state index is 10.5. The van der Waals surface area contributed by atoms with Gasteiger partial charge in [-0.1, -0.05) is 12.6 Å². The van der Waals surface area contributed by atoms with Gasteiger partial charge in [0.05, 0.1) is 9.14 Å². The van der Waals surface area contributed by atoms with Crippen molar-refractivity contribution >= 4 is 28.6 Å². The van der Waals surface area contributed by atoms with Crippen molar-refractivity contribution in [1.82, 2.24) is 0 Å². The quantitative estimate of drug-likeness (QED) is 0.686. The van der Waals surface area contributed by atoms with Gasteiger partial charge in [0.2, 0.25) is 0 Å². The van der Waals surface area contributed by atoms with E-state index >= 15 is 0 Å². The van der Waals surface area contributed by atoms with Crippen molar-refractivity contribution in [2.45, 2.75) is 6.92 Å². The summed E-state index contributed by atoms with van der Waals surface area (Å²) in [7, 11) is 0. The van der Waals surface area contributed by atoms with Gasteiger partial charge in [-0.2, -0.15) is 0 Å². The summed E-state index contributed by atoms with van der Waals surface area (Å²) in [5.74, 6) is -0.347. The van der Waals surface area contributed by atoms with Gasteiger partial charge in [-0.15, -0.1) is 0 Å². The first-order valence-corrected chi connectivity index (χ1v) is 5.38. The monoisotopic (exact) mass is 318 g/mol. The second kappa shape index (κ2) is 5.16. The number of aryl methyl sites for hydroxylation is 1. The van der Waals surface area contributed by atoms with Gasteiger partial charge in [0.25, 0.3) is 0 Å². The summed E-state index contributed by atoms with van der Waals surface area (Å²) in [6.07, 6.45) is 0. The molecule has 0 aromatic heterocycles. The van der Waals surface area contributed by atoms with Gasteiger partial charge in [-0.3, -0.25) is 0 Å². The van der Waals surface area contributed by atoms with Crippen LogP contribution in [0.5, 0.6) is 5.75 Å². The van der Waals surface area contributed by atoms with E-state index in [2.05, 4.69) is 29.2 Å². The Morgan fingerprint density at radius 1 is 1.60 bits per heavy atom. The van der Waals surface area contributed by atoms with Crippen molar-refractivity contribution < 1.29 is 14.6 Å². The normalized spacial score (nSPS) is 9.73. The summed E-state index contributed by atoms with van der Waals surface area (Å²) in [5.41, 5.74) is 1.19. The molecule has 0 aliphatic carbocycles. The highest BCUT2D eigenvalue weighted by atomic mass is 127. The Morgan fingerprint density at radius 2 is 2.27 bits per heavy atom. The summed E-state index contributed by atoms with van der Waals surface area (Å²) < 4.78 is 6.29. The van der Waals surface area contributed by atoms with Crippen LogP contribution in [0, 0.1) is 10.5 Å². The first-order valence-electron chi connectivity index (χ1n) is 4.30. The van der Waals surface area contributed by atoms with Gasteiger partial charge in [0.1, 0.15) is 12.4 Å². The summed E-state index contributed by atoms with van der Waals surface area (Å²) in [6.45, 7) is 5.39. The lowest BCUT2D eigenvalue weighted by Gasteiger charge is -2.08. The van der Waals surface area contributed by atoms with Gasteiger partial charge >= 0.3 is 5.97 Å². The van der Waals surface area contributed by atoms with E-state index in [-0.39, 0.29) is 12.2 Å². The topological polar surface area (TPSA) is 46.5 Å². The fourth-order valence-electron chi connectivity index (χ4n) is 0.950. The molecule has 3 nitrogen and oxygen atoms in total. The van der Waals surface area contributed by atoms with Crippen molar-refractivity contribution in [3.8, 4) is 5.75 Å². The van der Waals surface area contributed by atoms with Gasteiger partial charge < -0.3 is 9.84 Å². The van der Waals surface area contributed by atoms with Crippen molar-refractivity contribution in [1.29, 1.82) is 0 Å². The molecule has 1 N–H and O–H groups in total. The average Bonchev–Trinajstić information content (AvgIpc) is 2.15. The lowest BCUT2D eigenvalue weighted by Crippen LogP contribution is -2.09. The highest BCUT2D eigenvalue weighted by Crippen LogP contribution is 2.22. The Kier molecular flexibility index (Phi) is 4.14. The molecule has 1 rings (SSSR count). The van der Waals surface area contributed by atoms with Gasteiger partial charge in [0.15, 0.2) is 0 Å². The number of rotatable bonds is 4. The first kappa shape index (κ1) is 12.0. The highest BCUT2D eigenvalue weighted by molar-refractivity contribution is 14.1. The molecule has 0 unspecified atom stereocenters. The molecule has 0 fully saturated rings. The molecule has 0 atom stereocenters. The number of aliphatic carboxylic acids is 1. The summed E-state index contributed by atoms with van der Waals surface area (Å²) in [4.78, 5) is 10.5. The van der Waals surface area contributed by atoms with Crippen molar-refractivity contribution in [3.63, 3.8) is 0 Å². The van der Waals surface area contributed by atoms with E-state index in [1.807, 2.05) is 25.1 Å². The van der Waals surface area contributed by atoms with Crippen LogP contribution in [0.2, 0.25) is 0 Å². The van der Waals surface area contributed by atoms with E-state index in [4.69, 9.17) is 9.84 Å². The molecule has 4 heteroatoms. The summed E-state index contributed by atoms with van der Waals surface area (Å²) in [6, 6.07) is 5.71. The minimum Gasteiger partial charge on any atom is -0.488 e. The molecular weight excluding hydrogens is 307 g/mol. The highest BCUT2D eigenvalue weighted by Gasteiger charge is 2.06. The van der Waals surface area contributed by atoms with Gasteiger partial charge in [-0.05, 0) is 47.2 Å². The Morgan fingerprint density at radius 3 is 2.80 bits per heavy atom. The number of hydrogen-bond donors (Lipinski definition) is 1. The fraction of sp³-hybridized carbons (Fsp3) is 0.182. The van der Waals surface area contributed by atoms with E-state index in [1.165, 1.54) is 0 Å². The molecule has 0 saturated carbocycles. The average molecular weight is 318 g/mol. The largest absolute Gasteiger partial charge is 0.488 e. The molecule has 1 aromatic carbocycles. The van der Waals surface area contributed by atoms with E-state index in [9.17, 15) is 4.79 Å². The predicted molar refractivity (Wildman–Crippen MR) is 66.2 cm³/mol. The molecule has 0 amide bonds. The fourth-order valence-corrected chi connectivity index (χ4v) is 1.78. The van der Waals surface area contributed by atoms with Crippen molar-refractivity contribution in [2.24, 2.45) is 0 Å². The molecule has 0 radical (unpaired) electrons. The standard InChI is InChI=1S/C11H11IO3/c1-7-3-4-10(9(12)5-7)15-6-8(2)11(13)14/h3-5H,2,6H2,1H3,(H,13,14). The second-order valence-electron chi connectivity index (χ2n) is 3.13. The number of carbonyl (C=O) groups is 1. The Hall–Kier alpha value is -1.04. The SMILES string of the molecule is C=C(COc1ccc(C)cc1I)C(=O)O. The van der Waals surface area contributed by atoms with Crippen LogP contribution in [0.1, 0.15) is 5.56 Å². The lowest BCUT2D eigenvalue weighted by atomic mass is 10.2. The molecule has 0 spiro atoms. The molecule has 0 aliphatic rings. The molecule has 80 valence electrons. The third-order valence-electron chi connectivity index (χ3n) is 1.79. The van der Waals surface area contributed by atoms with E-state index < -0.39 is 5.97 Å². The summed E-state index contributed by atoms with van der Waals surface area (Å²) in [5, 5.41) is 8.59. The minimum atomic E-state index is -1.03. The van der Waals surface area contributed by atoms with Crippen LogP contribution in [0.15, 0.2) is 30.4 Å². The van der Waals surface area contributed by atoms with Crippen LogP contribution in [0.25, 0.3) is 0 Å². The molecule has 0 saturated heterocycles. The van der Waals surface area contributed by atoms with Crippen LogP contribution in [-0.2, 0) is 4.79 Å². The number of carboxylic acids is 1. The van der Waals surface area contributed by atoms with Gasteiger partial charge in [-0.25, -0.2) is 4.79 Å². The van der Waals surface area contributed by atoms with Crippen LogP contribution in [0.3, 0.4) is 0 Å². The molecule has 0 bridgehead atoms. The Bertz CT molecular complexity index is 399. The molecule has 0 aliphatic heterocycles. The minimum absolute atomic E-state index is 0.00833. The third kappa shape index (κ3) is 3.54. The molecular formula is C11H11IO3. The maximum Gasteiger partial charge on any atom is 0.334 e. The number of halogens is 1. The van der Waals surface area contributed by atoms with E-state index in [0.29, 0.717) is 5.75 Å². The third-order valence-corrected chi connectivity index (χ3v) is 2.63. The number of hydrogen-bond acceptors (Lipinski definition) is 2. The molecule has 15 heavy (non-hydrogen) atoms.